The van der Waals surface area contributed by atoms with Crippen LogP contribution in [-0.4, -0.2) is 37.7 Å². The lowest BCUT2D eigenvalue weighted by atomic mass is 10.1. The van der Waals surface area contributed by atoms with Crippen molar-refractivity contribution in [3.8, 4) is 11.5 Å². The van der Waals surface area contributed by atoms with Crippen LogP contribution in [0.1, 0.15) is 69.6 Å². The van der Waals surface area contributed by atoms with Crippen molar-refractivity contribution in [3.05, 3.63) is 57.6 Å². The third-order valence-corrected chi connectivity index (χ3v) is 6.40. The molecule has 0 saturated heterocycles. The van der Waals surface area contributed by atoms with Gasteiger partial charge in [-0.3, -0.25) is 0 Å². The summed E-state index contributed by atoms with van der Waals surface area (Å²) < 4.78 is 13.0. The van der Waals surface area contributed by atoms with E-state index in [2.05, 4.69) is 77.2 Å². The third kappa shape index (κ3) is 10.1. The molecule has 0 heterocycles. The van der Waals surface area contributed by atoms with E-state index in [0.29, 0.717) is 13.2 Å². The van der Waals surface area contributed by atoms with E-state index in [1.165, 1.54) is 68.4 Å². The van der Waals surface area contributed by atoms with Crippen LogP contribution in [-0.2, 0) is 13.2 Å². The van der Waals surface area contributed by atoms with Crippen LogP contribution >= 0.6 is 15.9 Å². The third-order valence-electron chi connectivity index (χ3n) is 5.82. The Kier molecular flexibility index (Phi) is 13.5. The zero-order valence-corrected chi connectivity index (χ0v) is 22.7. The minimum Gasteiger partial charge on any atom is -0.490 e. The Balaban J connectivity index is 1.89. The molecular formula is C28H43BrN2O2. The van der Waals surface area contributed by atoms with Crippen LogP contribution in [0.5, 0.6) is 11.5 Å². The first kappa shape index (κ1) is 27.7. The Bertz CT molecular complexity index is 804. The van der Waals surface area contributed by atoms with Crippen molar-refractivity contribution in [2.75, 3.05) is 32.8 Å². The van der Waals surface area contributed by atoms with Crippen molar-refractivity contribution < 1.29 is 9.47 Å². The molecule has 0 bridgehead atoms. The van der Waals surface area contributed by atoms with E-state index in [0.717, 1.165) is 29.1 Å². The first-order chi connectivity index (χ1) is 16.1. The van der Waals surface area contributed by atoms with Gasteiger partial charge in [-0.2, -0.15) is 0 Å². The maximum atomic E-state index is 6.18. The molecule has 0 aliphatic heterocycles. The molecule has 33 heavy (non-hydrogen) atoms. The fourth-order valence-corrected chi connectivity index (χ4v) is 4.41. The average molecular weight is 520 g/mol. The van der Waals surface area contributed by atoms with Gasteiger partial charge in [0, 0.05) is 6.54 Å². The second-order valence-corrected chi connectivity index (χ2v) is 9.49. The molecule has 0 aliphatic rings. The summed E-state index contributed by atoms with van der Waals surface area (Å²) in [5, 5.41) is 3.61. The van der Waals surface area contributed by atoms with Crippen molar-refractivity contribution in [2.45, 2.75) is 73.0 Å². The largest absolute Gasteiger partial charge is 0.490 e. The summed E-state index contributed by atoms with van der Waals surface area (Å²) in [5.74, 6) is 1.56. The van der Waals surface area contributed by atoms with Crippen LogP contribution in [0, 0.1) is 6.92 Å². The van der Waals surface area contributed by atoms with Gasteiger partial charge in [0.15, 0.2) is 11.5 Å². The van der Waals surface area contributed by atoms with Gasteiger partial charge in [0.2, 0.25) is 0 Å². The summed E-state index contributed by atoms with van der Waals surface area (Å²) in [7, 11) is 0. The molecule has 2 rings (SSSR count). The molecule has 0 amide bonds. The second-order valence-electron chi connectivity index (χ2n) is 8.63. The Morgan fingerprint density at radius 1 is 0.909 bits per heavy atom. The topological polar surface area (TPSA) is 33.7 Å². The highest BCUT2D eigenvalue weighted by Gasteiger charge is 2.13. The van der Waals surface area contributed by atoms with Gasteiger partial charge in [-0.25, -0.2) is 0 Å². The quantitative estimate of drug-likeness (QED) is 0.226. The average Bonchev–Trinajstić information content (AvgIpc) is 2.80. The first-order valence-electron chi connectivity index (χ1n) is 12.6. The van der Waals surface area contributed by atoms with Crippen LogP contribution in [0.4, 0.5) is 0 Å². The predicted octanol–water partition coefficient (Wildman–Crippen LogP) is 7.12. The Hall–Kier alpha value is -1.56. The van der Waals surface area contributed by atoms with Gasteiger partial charge in [0.05, 0.1) is 11.1 Å². The Morgan fingerprint density at radius 3 is 2.27 bits per heavy atom. The molecule has 0 spiro atoms. The monoisotopic (exact) mass is 518 g/mol. The molecule has 4 nitrogen and oxygen atoms in total. The van der Waals surface area contributed by atoms with Crippen molar-refractivity contribution in [1.82, 2.24) is 10.2 Å². The zero-order chi connectivity index (χ0) is 23.9. The van der Waals surface area contributed by atoms with E-state index in [-0.39, 0.29) is 0 Å². The van der Waals surface area contributed by atoms with E-state index in [4.69, 9.17) is 9.47 Å². The Morgan fingerprint density at radius 2 is 1.61 bits per heavy atom. The number of hydrogen-bond acceptors (Lipinski definition) is 4. The van der Waals surface area contributed by atoms with Gasteiger partial charge in [-0.05, 0) is 104 Å². The number of aryl methyl sites for hydroxylation is 1. The Labute approximate surface area is 210 Å². The molecule has 5 heteroatoms. The first-order valence-corrected chi connectivity index (χ1v) is 13.4. The van der Waals surface area contributed by atoms with Crippen LogP contribution in [0.25, 0.3) is 0 Å². The van der Waals surface area contributed by atoms with Gasteiger partial charge < -0.3 is 19.7 Å². The molecule has 184 valence electrons. The molecule has 0 aliphatic carbocycles. The van der Waals surface area contributed by atoms with E-state index in [1.807, 2.05) is 13.0 Å². The van der Waals surface area contributed by atoms with E-state index < -0.39 is 0 Å². The summed E-state index contributed by atoms with van der Waals surface area (Å²) in [6.45, 7) is 15.3. The number of benzene rings is 2. The SMILES string of the molecule is CCCCN(CCCC)CCCNCc1cc(Br)c(OCc2ccccc2C)c(OCC)c1. The summed E-state index contributed by atoms with van der Waals surface area (Å²) in [6, 6.07) is 12.6. The number of nitrogens with zero attached hydrogens (tertiary/aromatic N) is 1. The van der Waals surface area contributed by atoms with Gasteiger partial charge >= 0.3 is 0 Å². The lowest BCUT2D eigenvalue weighted by molar-refractivity contribution is 0.261. The highest BCUT2D eigenvalue weighted by Crippen LogP contribution is 2.37. The zero-order valence-electron chi connectivity index (χ0n) is 21.1. The van der Waals surface area contributed by atoms with Crippen molar-refractivity contribution in [2.24, 2.45) is 0 Å². The molecule has 1 N–H and O–H groups in total. The molecule has 2 aromatic rings. The maximum absolute atomic E-state index is 6.18. The predicted molar refractivity (Wildman–Crippen MR) is 143 cm³/mol. The second kappa shape index (κ2) is 16.1. The summed E-state index contributed by atoms with van der Waals surface area (Å²) in [5.41, 5.74) is 3.61. The van der Waals surface area contributed by atoms with Crippen LogP contribution in [0.15, 0.2) is 40.9 Å². The van der Waals surface area contributed by atoms with Crippen LogP contribution in [0.2, 0.25) is 0 Å². The van der Waals surface area contributed by atoms with Gasteiger partial charge in [-0.1, -0.05) is 51.0 Å². The maximum Gasteiger partial charge on any atom is 0.175 e. The molecule has 2 aromatic carbocycles. The number of nitrogens with one attached hydrogen (secondary N) is 1. The highest BCUT2D eigenvalue weighted by molar-refractivity contribution is 9.10. The minimum absolute atomic E-state index is 0.523. The molecule has 0 fully saturated rings. The minimum atomic E-state index is 0.523. The number of hydrogen-bond donors (Lipinski definition) is 1. The van der Waals surface area contributed by atoms with Gasteiger partial charge in [0.1, 0.15) is 6.61 Å². The number of ether oxygens (including phenoxy) is 2. The number of halogens is 1. The van der Waals surface area contributed by atoms with E-state index >= 15 is 0 Å². The normalized spacial score (nSPS) is 11.2. The molecule has 0 atom stereocenters. The summed E-state index contributed by atoms with van der Waals surface area (Å²) >= 11 is 3.71. The van der Waals surface area contributed by atoms with Crippen LogP contribution in [0.3, 0.4) is 0 Å². The van der Waals surface area contributed by atoms with Gasteiger partial charge in [0.25, 0.3) is 0 Å². The lowest BCUT2D eigenvalue weighted by Gasteiger charge is -2.22. The summed E-state index contributed by atoms with van der Waals surface area (Å²) in [6.07, 6.45) is 6.29. The molecule has 0 saturated carbocycles. The van der Waals surface area contributed by atoms with Crippen LogP contribution < -0.4 is 14.8 Å². The fourth-order valence-electron chi connectivity index (χ4n) is 3.81. The van der Waals surface area contributed by atoms with E-state index in [9.17, 15) is 0 Å². The highest BCUT2D eigenvalue weighted by atomic mass is 79.9. The number of unbranched alkanes of at least 4 members (excludes halogenated alkanes) is 2. The van der Waals surface area contributed by atoms with E-state index in [1.54, 1.807) is 0 Å². The molecule has 0 radical (unpaired) electrons. The number of rotatable bonds is 17. The van der Waals surface area contributed by atoms with Crippen molar-refractivity contribution in [1.29, 1.82) is 0 Å². The standard InChI is InChI=1S/C28H43BrN2O2/c1-5-8-16-31(17-9-6-2)18-12-15-30-21-24-19-26(29)28(27(20-24)32-7-3)33-22-25-14-11-10-13-23(25)4/h10-11,13-14,19-20,30H,5-9,12,15-18,21-22H2,1-4H3. The molecule has 0 aromatic heterocycles. The molecular weight excluding hydrogens is 476 g/mol. The fraction of sp³-hybridized carbons (Fsp3) is 0.571. The summed E-state index contributed by atoms with van der Waals surface area (Å²) in [4.78, 5) is 2.62. The van der Waals surface area contributed by atoms with Gasteiger partial charge in [-0.15, -0.1) is 0 Å². The smallest absolute Gasteiger partial charge is 0.175 e. The molecule has 0 unspecified atom stereocenters. The van der Waals surface area contributed by atoms with Crippen molar-refractivity contribution >= 4 is 15.9 Å². The lowest BCUT2D eigenvalue weighted by Crippen LogP contribution is -2.29. The van der Waals surface area contributed by atoms with Crippen molar-refractivity contribution in [3.63, 3.8) is 0 Å².